The van der Waals surface area contributed by atoms with Gasteiger partial charge in [0.15, 0.2) is 5.76 Å². The van der Waals surface area contributed by atoms with Crippen LogP contribution in [0.2, 0.25) is 0 Å². The van der Waals surface area contributed by atoms with Crippen LogP contribution in [0.4, 0.5) is 0 Å². The van der Waals surface area contributed by atoms with Crippen molar-refractivity contribution < 1.29 is 9.21 Å². The zero-order chi connectivity index (χ0) is 14.0. The summed E-state index contributed by atoms with van der Waals surface area (Å²) in [5.41, 5.74) is 1.81. The summed E-state index contributed by atoms with van der Waals surface area (Å²) in [5.74, 6) is -0.250. The van der Waals surface area contributed by atoms with E-state index in [0.717, 1.165) is 10.9 Å². The van der Waals surface area contributed by atoms with Gasteiger partial charge in [-0.1, -0.05) is 25.5 Å². The van der Waals surface area contributed by atoms with Gasteiger partial charge in [0, 0.05) is 5.39 Å². The Morgan fingerprint density at radius 1 is 1.37 bits per heavy atom. The number of aryl methyl sites for hydroxylation is 1. The zero-order valence-corrected chi connectivity index (χ0v) is 11.4. The quantitative estimate of drug-likeness (QED) is 0.772. The predicted molar refractivity (Wildman–Crippen MR) is 73.8 cm³/mol. The molecule has 0 radical (unpaired) electrons. The molecule has 0 N–H and O–H groups in total. The maximum atomic E-state index is 12.2. The molecule has 1 atom stereocenters. The Hall–Kier alpha value is -2.08. The molecule has 0 bridgehead atoms. The van der Waals surface area contributed by atoms with Gasteiger partial charge in [-0.15, -0.1) is 0 Å². The fraction of sp³-hybridized carbons (Fsp3) is 0.375. The van der Waals surface area contributed by atoms with Crippen molar-refractivity contribution in [2.24, 2.45) is 11.8 Å². The topological polar surface area (TPSA) is 54.0 Å². The normalized spacial score (nSPS) is 12.6. The van der Waals surface area contributed by atoms with Crippen molar-refractivity contribution >= 4 is 16.8 Å². The van der Waals surface area contributed by atoms with Crippen LogP contribution in [0.3, 0.4) is 0 Å². The molecule has 19 heavy (non-hydrogen) atoms. The van der Waals surface area contributed by atoms with Crippen molar-refractivity contribution in [3.8, 4) is 6.07 Å². The highest BCUT2D eigenvalue weighted by Gasteiger charge is 2.24. The highest BCUT2D eigenvalue weighted by molar-refractivity contribution is 6.00. The molecular weight excluding hydrogens is 238 g/mol. The van der Waals surface area contributed by atoms with Crippen LogP contribution in [0.1, 0.15) is 36.4 Å². The molecule has 0 amide bonds. The average Bonchev–Trinajstić information content (AvgIpc) is 2.77. The van der Waals surface area contributed by atoms with E-state index in [1.54, 1.807) is 6.07 Å². The van der Waals surface area contributed by atoms with Gasteiger partial charge in [0.2, 0.25) is 5.78 Å². The Kier molecular flexibility index (Phi) is 3.71. The second-order valence-electron chi connectivity index (χ2n) is 5.33. The van der Waals surface area contributed by atoms with E-state index < -0.39 is 5.92 Å². The van der Waals surface area contributed by atoms with Crippen molar-refractivity contribution in [3.05, 3.63) is 35.6 Å². The summed E-state index contributed by atoms with van der Waals surface area (Å²) in [6, 6.07) is 9.57. The lowest BCUT2D eigenvalue weighted by Gasteiger charge is -2.08. The average molecular weight is 255 g/mol. The molecule has 1 unspecified atom stereocenters. The Morgan fingerprint density at radius 3 is 2.74 bits per heavy atom. The SMILES string of the molecule is Cc1ccc2oc(C(=O)C(C#N)CC(C)C)cc2c1. The van der Waals surface area contributed by atoms with Crippen LogP contribution in [0.15, 0.2) is 28.7 Å². The monoisotopic (exact) mass is 255 g/mol. The maximum absolute atomic E-state index is 12.2. The maximum Gasteiger partial charge on any atom is 0.215 e. The summed E-state index contributed by atoms with van der Waals surface area (Å²) < 4.78 is 5.55. The zero-order valence-electron chi connectivity index (χ0n) is 11.4. The molecule has 1 heterocycles. The lowest BCUT2D eigenvalue weighted by atomic mass is 9.93. The Morgan fingerprint density at radius 2 is 2.11 bits per heavy atom. The number of carbonyl (C=O) groups is 1. The van der Waals surface area contributed by atoms with Crippen LogP contribution < -0.4 is 0 Å². The van der Waals surface area contributed by atoms with Crippen LogP contribution in [0.25, 0.3) is 11.0 Å². The minimum atomic E-state index is -0.623. The Bertz CT molecular complexity index is 646. The molecule has 0 saturated heterocycles. The summed E-state index contributed by atoms with van der Waals surface area (Å²) in [4.78, 5) is 12.2. The van der Waals surface area contributed by atoms with Gasteiger partial charge in [0.05, 0.1) is 6.07 Å². The van der Waals surface area contributed by atoms with Gasteiger partial charge in [0.25, 0.3) is 0 Å². The van der Waals surface area contributed by atoms with Gasteiger partial charge in [-0.25, -0.2) is 0 Å². The summed E-state index contributed by atoms with van der Waals surface area (Å²) >= 11 is 0. The summed E-state index contributed by atoms with van der Waals surface area (Å²) in [6.07, 6.45) is 0.561. The molecule has 3 nitrogen and oxygen atoms in total. The molecule has 3 heteroatoms. The Labute approximate surface area is 112 Å². The largest absolute Gasteiger partial charge is 0.453 e. The molecule has 2 aromatic rings. The molecule has 0 aliphatic heterocycles. The number of Topliss-reactive ketones (excluding diaryl/α,β-unsaturated/α-hetero) is 1. The van der Waals surface area contributed by atoms with Gasteiger partial charge in [0.1, 0.15) is 11.5 Å². The van der Waals surface area contributed by atoms with Crippen molar-refractivity contribution in [1.82, 2.24) is 0 Å². The molecule has 1 aromatic carbocycles. The van der Waals surface area contributed by atoms with Crippen molar-refractivity contribution in [2.45, 2.75) is 27.2 Å². The first-order valence-electron chi connectivity index (χ1n) is 6.45. The first-order chi connectivity index (χ1) is 9.01. The van der Waals surface area contributed by atoms with Crippen molar-refractivity contribution in [1.29, 1.82) is 5.26 Å². The third-order valence-corrected chi connectivity index (χ3v) is 3.09. The third-order valence-electron chi connectivity index (χ3n) is 3.09. The van der Waals surface area contributed by atoms with Crippen LogP contribution in [-0.4, -0.2) is 5.78 Å². The van der Waals surface area contributed by atoms with E-state index in [0.29, 0.717) is 17.9 Å². The predicted octanol–water partition coefficient (Wildman–Crippen LogP) is 4.11. The van der Waals surface area contributed by atoms with Crippen LogP contribution in [0, 0.1) is 30.1 Å². The first kappa shape index (κ1) is 13.4. The van der Waals surface area contributed by atoms with E-state index in [1.165, 1.54) is 0 Å². The highest BCUT2D eigenvalue weighted by atomic mass is 16.3. The van der Waals surface area contributed by atoms with E-state index in [1.807, 2.05) is 39.0 Å². The minimum absolute atomic E-state index is 0.218. The second kappa shape index (κ2) is 5.27. The van der Waals surface area contributed by atoms with Gasteiger partial charge in [-0.2, -0.15) is 5.26 Å². The van der Waals surface area contributed by atoms with Gasteiger partial charge < -0.3 is 4.42 Å². The van der Waals surface area contributed by atoms with E-state index in [4.69, 9.17) is 9.68 Å². The molecule has 2 rings (SSSR count). The number of hydrogen-bond acceptors (Lipinski definition) is 3. The Balaban J connectivity index is 2.33. The van der Waals surface area contributed by atoms with Crippen molar-refractivity contribution in [2.75, 3.05) is 0 Å². The van der Waals surface area contributed by atoms with Crippen LogP contribution >= 0.6 is 0 Å². The number of hydrogen-bond donors (Lipinski definition) is 0. The number of nitriles is 1. The van der Waals surface area contributed by atoms with E-state index in [-0.39, 0.29) is 11.5 Å². The minimum Gasteiger partial charge on any atom is -0.453 e. The number of benzene rings is 1. The lowest BCUT2D eigenvalue weighted by Crippen LogP contribution is -2.14. The summed E-state index contributed by atoms with van der Waals surface area (Å²) in [5, 5.41) is 10.0. The van der Waals surface area contributed by atoms with E-state index in [9.17, 15) is 4.79 Å². The molecule has 98 valence electrons. The summed E-state index contributed by atoms with van der Waals surface area (Å²) in [7, 11) is 0. The number of rotatable bonds is 4. The summed E-state index contributed by atoms with van der Waals surface area (Å²) in [6.45, 7) is 5.99. The molecule has 0 fully saturated rings. The van der Waals surface area contributed by atoms with E-state index >= 15 is 0 Å². The standard InChI is InChI=1S/C16H17NO2/c1-10(2)6-13(9-17)16(18)15-8-12-7-11(3)4-5-14(12)19-15/h4-5,7-8,10,13H,6H2,1-3H3. The lowest BCUT2D eigenvalue weighted by molar-refractivity contribution is 0.0911. The second-order valence-corrected chi connectivity index (χ2v) is 5.33. The van der Waals surface area contributed by atoms with E-state index in [2.05, 4.69) is 6.07 Å². The molecule has 0 saturated carbocycles. The van der Waals surface area contributed by atoms with Crippen molar-refractivity contribution in [3.63, 3.8) is 0 Å². The number of carbonyl (C=O) groups excluding carboxylic acids is 1. The first-order valence-corrected chi connectivity index (χ1v) is 6.45. The fourth-order valence-electron chi connectivity index (χ4n) is 2.15. The number of ketones is 1. The third kappa shape index (κ3) is 2.85. The smallest absolute Gasteiger partial charge is 0.215 e. The number of furan rings is 1. The number of nitrogens with zero attached hydrogens (tertiary/aromatic N) is 1. The van der Waals surface area contributed by atoms with Crippen LogP contribution in [-0.2, 0) is 0 Å². The van der Waals surface area contributed by atoms with Gasteiger partial charge in [-0.05, 0) is 37.5 Å². The molecular formula is C16H17NO2. The molecule has 0 spiro atoms. The molecule has 0 aliphatic carbocycles. The van der Waals surface area contributed by atoms with Crippen LogP contribution in [0.5, 0.6) is 0 Å². The van der Waals surface area contributed by atoms with Gasteiger partial charge in [-0.3, -0.25) is 4.79 Å². The highest BCUT2D eigenvalue weighted by Crippen LogP contribution is 2.24. The fourth-order valence-corrected chi connectivity index (χ4v) is 2.15. The molecule has 1 aromatic heterocycles. The van der Waals surface area contributed by atoms with Gasteiger partial charge >= 0.3 is 0 Å². The number of fused-ring (bicyclic) bond motifs is 1. The molecule has 0 aliphatic rings.